The molecule has 2 rings (SSSR count). The highest BCUT2D eigenvalue weighted by atomic mass is 32.2. The van der Waals surface area contributed by atoms with Gasteiger partial charge < -0.3 is 10.4 Å². The lowest BCUT2D eigenvalue weighted by Crippen LogP contribution is -2.29. The molecular weight excluding hydrogens is 241 g/mol. The van der Waals surface area contributed by atoms with Crippen LogP contribution in [0.15, 0.2) is 18.2 Å². The Hall–Kier alpha value is -1.23. The Bertz CT molecular complexity index is 419. The van der Waals surface area contributed by atoms with E-state index in [1.54, 1.807) is 0 Å². The molecule has 17 heavy (non-hydrogen) atoms. The summed E-state index contributed by atoms with van der Waals surface area (Å²) in [5.41, 5.74) is -0.00648. The van der Waals surface area contributed by atoms with Crippen molar-refractivity contribution in [3.63, 3.8) is 0 Å². The number of phenols is 1. The Morgan fingerprint density at radius 2 is 2.41 bits per heavy atom. The van der Waals surface area contributed by atoms with Crippen molar-refractivity contribution >= 4 is 17.7 Å². The van der Waals surface area contributed by atoms with Crippen molar-refractivity contribution in [2.45, 2.75) is 18.1 Å². The number of nitrogens with one attached hydrogen (secondary N) is 1. The molecule has 1 fully saturated rings. The minimum Gasteiger partial charge on any atom is -0.507 e. The van der Waals surface area contributed by atoms with Crippen LogP contribution < -0.4 is 5.32 Å². The van der Waals surface area contributed by atoms with Gasteiger partial charge in [-0.1, -0.05) is 0 Å². The monoisotopic (exact) mass is 255 g/mol. The van der Waals surface area contributed by atoms with Gasteiger partial charge in [-0.3, -0.25) is 4.79 Å². The second kappa shape index (κ2) is 5.40. The highest BCUT2D eigenvalue weighted by Crippen LogP contribution is 2.25. The van der Waals surface area contributed by atoms with Gasteiger partial charge in [0.05, 0.1) is 5.56 Å². The smallest absolute Gasteiger partial charge is 0.255 e. The zero-order valence-electron chi connectivity index (χ0n) is 9.28. The van der Waals surface area contributed by atoms with Crippen LogP contribution in [-0.2, 0) is 0 Å². The van der Waals surface area contributed by atoms with E-state index in [1.165, 1.54) is 12.5 Å². The van der Waals surface area contributed by atoms with Crippen LogP contribution >= 0.6 is 11.8 Å². The Labute approximate surface area is 103 Å². The average Bonchev–Trinajstić information content (AvgIpc) is 2.82. The highest BCUT2D eigenvalue weighted by Gasteiger charge is 2.18. The van der Waals surface area contributed by atoms with Gasteiger partial charge in [0.2, 0.25) is 0 Å². The van der Waals surface area contributed by atoms with Gasteiger partial charge in [0.15, 0.2) is 0 Å². The molecule has 3 nitrogen and oxygen atoms in total. The Kier molecular flexibility index (Phi) is 3.89. The number of carbonyl (C=O) groups excluding carboxylic acids is 1. The number of halogens is 1. The zero-order chi connectivity index (χ0) is 12.3. The van der Waals surface area contributed by atoms with Crippen LogP contribution in [0, 0.1) is 5.82 Å². The molecule has 0 aliphatic carbocycles. The normalized spacial score (nSPS) is 19.2. The molecule has 1 unspecified atom stereocenters. The number of benzene rings is 1. The molecule has 1 aliphatic heterocycles. The van der Waals surface area contributed by atoms with Gasteiger partial charge in [0.1, 0.15) is 11.6 Å². The van der Waals surface area contributed by atoms with E-state index in [0.29, 0.717) is 11.8 Å². The summed E-state index contributed by atoms with van der Waals surface area (Å²) in [7, 11) is 0. The van der Waals surface area contributed by atoms with Crippen molar-refractivity contribution in [1.82, 2.24) is 5.32 Å². The minimum atomic E-state index is -0.525. The fraction of sp³-hybridized carbons (Fsp3) is 0.417. The first-order chi connectivity index (χ1) is 8.16. The number of thioether (sulfide) groups is 1. The van der Waals surface area contributed by atoms with Crippen LogP contribution in [0.25, 0.3) is 0 Å². The maximum atomic E-state index is 13.0. The van der Waals surface area contributed by atoms with Gasteiger partial charge in [-0.15, -0.1) is 0 Å². The van der Waals surface area contributed by atoms with Crippen LogP contribution in [0.2, 0.25) is 0 Å². The van der Waals surface area contributed by atoms with Crippen LogP contribution in [-0.4, -0.2) is 28.6 Å². The molecule has 5 heteroatoms. The topological polar surface area (TPSA) is 49.3 Å². The van der Waals surface area contributed by atoms with E-state index in [0.717, 1.165) is 24.3 Å². The quantitative estimate of drug-likeness (QED) is 0.870. The predicted molar refractivity (Wildman–Crippen MR) is 65.9 cm³/mol. The number of carbonyl (C=O) groups is 1. The molecule has 1 saturated heterocycles. The fourth-order valence-electron chi connectivity index (χ4n) is 1.80. The number of phenolic OH excluding ortho intramolecular Hbond substituents is 1. The largest absolute Gasteiger partial charge is 0.507 e. The number of aromatic hydroxyl groups is 1. The van der Waals surface area contributed by atoms with E-state index in [9.17, 15) is 14.3 Å². The van der Waals surface area contributed by atoms with Crippen molar-refractivity contribution < 1.29 is 14.3 Å². The molecule has 92 valence electrons. The molecule has 1 heterocycles. The van der Waals surface area contributed by atoms with Crippen molar-refractivity contribution in [2.75, 3.05) is 12.3 Å². The molecule has 1 aliphatic rings. The minimum absolute atomic E-state index is 0.00648. The lowest BCUT2D eigenvalue weighted by atomic mass is 10.1. The summed E-state index contributed by atoms with van der Waals surface area (Å²) in [4.78, 5) is 11.7. The SMILES string of the molecule is O=C(NCC1CCCS1)c1cc(F)ccc1O. The summed E-state index contributed by atoms with van der Waals surface area (Å²) in [6, 6.07) is 3.36. The van der Waals surface area contributed by atoms with E-state index in [4.69, 9.17) is 0 Å². The van der Waals surface area contributed by atoms with Crippen LogP contribution in [0.5, 0.6) is 5.75 Å². The second-order valence-electron chi connectivity index (χ2n) is 4.01. The van der Waals surface area contributed by atoms with Crippen LogP contribution in [0.3, 0.4) is 0 Å². The summed E-state index contributed by atoms with van der Waals surface area (Å²) in [6.45, 7) is 0.569. The number of amides is 1. The summed E-state index contributed by atoms with van der Waals surface area (Å²) >= 11 is 1.84. The summed E-state index contributed by atoms with van der Waals surface area (Å²) < 4.78 is 13.0. The van der Waals surface area contributed by atoms with Gasteiger partial charge in [-0.25, -0.2) is 4.39 Å². The van der Waals surface area contributed by atoms with Gasteiger partial charge >= 0.3 is 0 Å². The molecule has 0 radical (unpaired) electrons. The van der Waals surface area contributed by atoms with Crippen molar-refractivity contribution in [3.05, 3.63) is 29.6 Å². The Morgan fingerprint density at radius 3 is 3.12 bits per heavy atom. The van der Waals surface area contributed by atoms with Gasteiger partial charge in [0.25, 0.3) is 5.91 Å². The standard InChI is InChI=1S/C12H14FNO2S/c13-8-3-4-11(15)10(6-8)12(16)14-7-9-2-1-5-17-9/h3-4,6,9,15H,1-2,5,7H2,(H,14,16). The molecule has 1 amide bonds. The summed E-state index contributed by atoms with van der Waals surface area (Å²) in [5, 5.41) is 12.6. The third-order valence-electron chi connectivity index (χ3n) is 2.72. The molecule has 1 aromatic carbocycles. The number of rotatable bonds is 3. The van der Waals surface area contributed by atoms with Crippen LogP contribution in [0.4, 0.5) is 4.39 Å². The number of hydrogen-bond donors (Lipinski definition) is 2. The van der Waals surface area contributed by atoms with Crippen molar-refractivity contribution in [3.8, 4) is 5.75 Å². The molecule has 0 aromatic heterocycles. The van der Waals surface area contributed by atoms with E-state index < -0.39 is 11.7 Å². The van der Waals surface area contributed by atoms with E-state index >= 15 is 0 Å². The predicted octanol–water partition coefficient (Wildman–Crippen LogP) is 2.16. The second-order valence-corrected chi connectivity index (χ2v) is 5.41. The molecule has 1 atom stereocenters. The lowest BCUT2D eigenvalue weighted by molar-refractivity contribution is 0.0950. The Morgan fingerprint density at radius 1 is 1.59 bits per heavy atom. The maximum Gasteiger partial charge on any atom is 0.255 e. The first kappa shape index (κ1) is 12.2. The molecule has 0 bridgehead atoms. The Balaban J connectivity index is 1.96. The molecule has 0 spiro atoms. The maximum absolute atomic E-state index is 13.0. The van der Waals surface area contributed by atoms with Crippen molar-refractivity contribution in [1.29, 1.82) is 0 Å². The molecular formula is C12H14FNO2S. The molecule has 2 N–H and O–H groups in total. The average molecular weight is 255 g/mol. The van der Waals surface area contributed by atoms with Gasteiger partial charge in [-0.2, -0.15) is 11.8 Å². The van der Waals surface area contributed by atoms with E-state index in [2.05, 4.69) is 5.32 Å². The third kappa shape index (κ3) is 3.12. The summed E-state index contributed by atoms with van der Waals surface area (Å²) in [5.74, 6) is -0.00757. The van der Waals surface area contributed by atoms with E-state index in [-0.39, 0.29) is 11.3 Å². The zero-order valence-corrected chi connectivity index (χ0v) is 10.1. The first-order valence-electron chi connectivity index (χ1n) is 5.55. The highest BCUT2D eigenvalue weighted by molar-refractivity contribution is 8.00. The molecule has 1 aromatic rings. The van der Waals surface area contributed by atoms with E-state index in [1.807, 2.05) is 11.8 Å². The summed E-state index contributed by atoms with van der Waals surface area (Å²) in [6.07, 6.45) is 2.27. The van der Waals surface area contributed by atoms with Gasteiger partial charge in [0, 0.05) is 11.8 Å². The molecule has 0 saturated carbocycles. The fourth-order valence-corrected chi connectivity index (χ4v) is 3.00. The lowest BCUT2D eigenvalue weighted by Gasteiger charge is -2.10. The van der Waals surface area contributed by atoms with Gasteiger partial charge in [-0.05, 0) is 36.8 Å². The van der Waals surface area contributed by atoms with Crippen molar-refractivity contribution in [2.24, 2.45) is 0 Å². The first-order valence-corrected chi connectivity index (χ1v) is 6.60. The number of hydrogen-bond acceptors (Lipinski definition) is 3. The van der Waals surface area contributed by atoms with Crippen LogP contribution in [0.1, 0.15) is 23.2 Å². The third-order valence-corrected chi connectivity index (χ3v) is 4.12.